The molecule has 33 heavy (non-hydrogen) atoms. The summed E-state index contributed by atoms with van der Waals surface area (Å²) in [6.07, 6.45) is 0. The van der Waals surface area contributed by atoms with Crippen molar-refractivity contribution < 1.29 is 19.4 Å². The lowest BCUT2D eigenvalue weighted by Crippen LogP contribution is -2.47. The van der Waals surface area contributed by atoms with Gasteiger partial charge in [-0.05, 0) is 47.1 Å². The van der Waals surface area contributed by atoms with Crippen LogP contribution in [0, 0.1) is 0 Å². The molecule has 0 aliphatic carbocycles. The average Bonchev–Trinajstić information content (AvgIpc) is 3.13. The van der Waals surface area contributed by atoms with E-state index in [0.29, 0.717) is 31.0 Å². The minimum atomic E-state index is -0.324. The first kappa shape index (κ1) is 23.8. The van der Waals surface area contributed by atoms with Crippen LogP contribution in [0.1, 0.15) is 23.0 Å². The number of β-amino-alcohol motifs (C(OH)–C–C–N with tert-alkyl or cyclic N) is 1. The van der Waals surface area contributed by atoms with E-state index in [-0.39, 0.29) is 12.6 Å². The van der Waals surface area contributed by atoms with E-state index in [9.17, 15) is 9.90 Å². The summed E-state index contributed by atoms with van der Waals surface area (Å²) in [6, 6.07) is 14.0. The molecule has 1 N–H and O–H groups in total. The van der Waals surface area contributed by atoms with E-state index in [1.165, 1.54) is 0 Å². The van der Waals surface area contributed by atoms with Crippen LogP contribution in [0.5, 0.6) is 5.75 Å². The Morgan fingerprint density at radius 1 is 1.09 bits per heavy atom. The van der Waals surface area contributed by atoms with Gasteiger partial charge in [-0.2, -0.15) is 0 Å². The fourth-order valence-electron chi connectivity index (χ4n) is 4.47. The molecule has 0 bridgehead atoms. The Kier molecular flexibility index (Phi) is 7.70. The molecule has 0 spiro atoms. The third-order valence-electron chi connectivity index (χ3n) is 6.09. The number of carbonyl (C=O) groups is 1. The molecule has 0 saturated carbocycles. The van der Waals surface area contributed by atoms with Crippen LogP contribution in [-0.4, -0.2) is 78.5 Å². The zero-order valence-corrected chi connectivity index (χ0v) is 20.7. The van der Waals surface area contributed by atoms with E-state index < -0.39 is 0 Å². The number of piperazine rings is 1. The molecular weight excluding hydrogens is 486 g/mol. The van der Waals surface area contributed by atoms with Gasteiger partial charge in [0.25, 0.3) is 0 Å². The standard InChI is InChI=1S/C25H30BrN3O4/c1-3-33-25(31)24-19-15-23(32-2)20(26)16-21(19)29(18-7-5-4-6-8-18)22(24)17-28-11-9-27(10-12-28)13-14-30/h4-8,15-16,30H,3,9-14,17H2,1-2H3. The number of methoxy groups -OCH3 is 1. The van der Waals surface area contributed by atoms with Crippen LogP contribution in [0.3, 0.4) is 0 Å². The van der Waals surface area contributed by atoms with Crippen molar-refractivity contribution in [1.82, 2.24) is 14.4 Å². The molecule has 2 heterocycles. The van der Waals surface area contributed by atoms with Crippen LogP contribution in [0.25, 0.3) is 16.6 Å². The van der Waals surface area contributed by atoms with Crippen molar-refractivity contribution in [2.75, 3.05) is 53.0 Å². The molecule has 1 saturated heterocycles. The highest BCUT2D eigenvalue weighted by Gasteiger charge is 2.28. The van der Waals surface area contributed by atoms with Crippen LogP contribution in [0.4, 0.5) is 0 Å². The molecule has 2 aromatic carbocycles. The summed E-state index contributed by atoms with van der Waals surface area (Å²) >= 11 is 3.61. The number of rotatable bonds is 8. The van der Waals surface area contributed by atoms with Gasteiger partial charge in [0.15, 0.2) is 0 Å². The number of ether oxygens (including phenoxy) is 2. The number of fused-ring (bicyclic) bond motifs is 1. The highest BCUT2D eigenvalue weighted by molar-refractivity contribution is 9.10. The first-order chi connectivity index (χ1) is 16.1. The zero-order valence-electron chi connectivity index (χ0n) is 19.1. The van der Waals surface area contributed by atoms with E-state index in [1.807, 2.05) is 37.3 Å². The van der Waals surface area contributed by atoms with Gasteiger partial charge in [-0.15, -0.1) is 0 Å². The SMILES string of the molecule is CCOC(=O)c1c(CN2CCN(CCO)CC2)n(-c2ccccc2)c2cc(Br)c(OC)cc12. The summed E-state index contributed by atoms with van der Waals surface area (Å²) in [7, 11) is 1.62. The van der Waals surface area contributed by atoms with Gasteiger partial charge < -0.3 is 19.1 Å². The highest BCUT2D eigenvalue weighted by atomic mass is 79.9. The Labute approximate surface area is 202 Å². The second-order valence-corrected chi connectivity index (χ2v) is 8.91. The number of hydrogen-bond donors (Lipinski definition) is 1. The van der Waals surface area contributed by atoms with Gasteiger partial charge >= 0.3 is 5.97 Å². The summed E-state index contributed by atoms with van der Waals surface area (Å²) in [5.41, 5.74) is 3.40. The van der Waals surface area contributed by atoms with Crippen molar-refractivity contribution in [2.24, 2.45) is 0 Å². The summed E-state index contributed by atoms with van der Waals surface area (Å²) in [5.74, 6) is 0.345. The van der Waals surface area contributed by atoms with Gasteiger partial charge in [0.2, 0.25) is 0 Å². The van der Waals surface area contributed by atoms with E-state index in [0.717, 1.165) is 52.9 Å². The van der Waals surface area contributed by atoms with Gasteiger partial charge in [0, 0.05) is 50.3 Å². The van der Waals surface area contributed by atoms with Crippen molar-refractivity contribution in [3.05, 3.63) is 58.2 Å². The molecule has 1 aliphatic rings. The normalized spacial score (nSPS) is 15.2. The van der Waals surface area contributed by atoms with Crippen molar-refractivity contribution >= 4 is 32.8 Å². The fraction of sp³-hybridized carbons (Fsp3) is 0.400. The Balaban J connectivity index is 1.86. The van der Waals surface area contributed by atoms with E-state index in [4.69, 9.17) is 9.47 Å². The van der Waals surface area contributed by atoms with Crippen molar-refractivity contribution in [3.63, 3.8) is 0 Å². The summed E-state index contributed by atoms with van der Waals surface area (Å²) in [6.45, 7) is 7.13. The van der Waals surface area contributed by atoms with Crippen LogP contribution in [0.2, 0.25) is 0 Å². The quantitative estimate of drug-likeness (QED) is 0.461. The number of nitrogens with zero attached hydrogens (tertiary/aromatic N) is 3. The molecule has 8 heteroatoms. The number of esters is 1. The van der Waals surface area contributed by atoms with E-state index in [2.05, 4.69) is 42.4 Å². The number of aliphatic hydroxyl groups excluding tert-OH is 1. The van der Waals surface area contributed by atoms with Crippen molar-refractivity contribution in [3.8, 4) is 11.4 Å². The highest BCUT2D eigenvalue weighted by Crippen LogP contribution is 2.37. The molecule has 1 aliphatic heterocycles. The first-order valence-electron chi connectivity index (χ1n) is 11.3. The van der Waals surface area contributed by atoms with Gasteiger partial charge in [-0.3, -0.25) is 9.80 Å². The second kappa shape index (κ2) is 10.7. The summed E-state index contributed by atoms with van der Waals surface area (Å²) in [5, 5.41) is 10.1. The fourth-order valence-corrected chi connectivity index (χ4v) is 4.97. The van der Waals surface area contributed by atoms with Crippen LogP contribution >= 0.6 is 15.9 Å². The minimum absolute atomic E-state index is 0.173. The van der Waals surface area contributed by atoms with E-state index >= 15 is 0 Å². The second-order valence-electron chi connectivity index (χ2n) is 8.06. The third kappa shape index (κ3) is 4.94. The summed E-state index contributed by atoms with van der Waals surface area (Å²) < 4.78 is 14.0. The number of aliphatic hydroxyl groups is 1. The number of halogens is 1. The maximum atomic E-state index is 13.2. The molecule has 0 radical (unpaired) electrons. The maximum absolute atomic E-state index is 13.2. The molecule has 176 valence electrons. The lowest BCUT2D eigenvalue weighted by Gasteiger charge is -2.34. The Bertz CT molecular complexity index is 1110. The number of hydrogen-bond acceptors (Lipinski definition) is 6. The minimum Gasteiger partial charge on any atom is -0.496 e. The van der Waals surface area contributed by atoms with Gasteiger partial charge in [-0.1, -0.05) is 18.2 Å². The Morgan fingerprint density at radius 3 is 2.42 bits per heavy atom. The molecule has 0 unspecified atom stereocenters. The predicted molar refractivity (Wildman–Crippen MR) is 132 cm³/mol. The van der Waals surface area contributed by atoms with Crippen LogP contribution in [-0.2, 0) is 11.3 Å². The molecular formula is C25H30BrN3O4. The van der Waals surface area contributed by atoms with Crippen molar-refractivity contribution in [1.29, 1.82) is 0 Å². The maximum Gasteiger partial charge on any atom is 0.340 e. The molecule has 0 atom stereocenters. The molecule has 3 aromatic rings. The van der Waals surface area contributed by atoms with E-state index in [1.54, 1.807) is 7.11 Å². The molecule has 0 amide bonds. The van der Waals surface area contributed by atoms with Gasteiger partial charge in [0.1, 0.15) is 5.75 Å². The number of benzene rings is 2. The lowest BCUT2D eigenvalue weighted by atomic mass is 10.1. The van der Waals surface area contributed by atoms with Crippen LogP contribution in [0.15, 0.2) is 46.9 Å². The van der Waals surface area contributed by atoms with Gasteiger partial charge in [-0.25, -0.2) is 4.79 Å². The Morgan fingerprint density at radius 2 is 1.79 bits per heavy atom. The third-order valence-corrected chi connectivity index (χ3v) is 6.71. The Hall–Kier alpha value is -2.39. The summed E-state index contributed by atoms with van der Waals surface area (Å²) in [4.78, 5) is 17.9. The number of para-hydroxylation sites is 1. The largest absolute Gasteiger partial charge is 0.496 e. The first-order valence-corrected chi connectivity index (χ1v) is 12.1. The molecule has 7 nitrogen and oxygen atoms in total. The molecule has 1 aromatic heterocycles. The number of carbonyl (C=O) groups excluding carboxylic acids is 1. The van der Waals surface area contributed by atoms with Crippen LogP contribution < -0.4 is 4.74 Å². The van der Waals surface area contributed by atoms with Crippen molar-refractivity contribution in [2.45, 2.75) is 13.5 Å². The molecule has 1 fully saturated rings. The average molecular weight is 516 g/mol. The monoisotopic (exact) mass is 515 g/mol. The smallest absolute Gasteiger partial charge is 0.340 e. The predicted octanol–water partition coefficient (Wildman–Crippen LogP) is 3.69. The number of aromatic nitrogens is 1. The molecule has 4 rings (SSSR count). The van der Waals surface area contributed by atoms with Gasteiger partial charge in [0.05, 0.1) is 41.6 Å². The zero-order chi connectivity index (χ0) is 23.4. The topological polar surface area (TPSA) is 67.2 Å². The lowest BCUT2D eigenvalue weighted by molar-refractivity contribution is 0.0524.